The standard InChI is InChI=1S/C62H38N2S3/c1-3-15-41(16-4-1)63(43-28-31-58-53(37-43)49-21-11-13-25-56(49)65-58)45-33-40(39-27-30-60-55(35-39)61-51-23-9-7-19-47(51)48-20-8-10-24-52(48)62(61)67-60)34-46(36-45)64(42-17-5-2-6-18-42)44-29-32-59-54(38-44)50-22-12-14-26-57(50)66-59/h1-38H. The van der Waals surface area contributed by atoms with Gasteiger partial charge in [0, 0.05) is 100 Å². The number of rotatable bonds is 7. The third kappa shape index (κ3) is 6.27. The molecule has 0 spiro atoms. The van der Waals surface area contributed by atoms with Gasteiger partial charge in [0.15, 0.2) is 0 Å². The van der Waals surface area contributed by atoms with Crippen LogP contribution < -0.4 is 9.80 Å². The van der Waals surface area contributed by atoms with Crippen LogP contribution in [0, 0.1) is 0 Å². The Morgan fingerprint density at radius 1 is 0.224 bits per heavy atom. The van der Waals surface area contributed by atoms with Crippen molar-refractivity contribution in [2.24, 2.45) is 0 Å². The molecule has 0 unspecified atom stereocenters. The molecule has 14 rings (SSSR count). The molecule has 0 N–H and O–H groups in total. The second kappa shape index (κ2) is 15.4. The molecule has 0 aliphatic heterocycles. The average molecular weight is 907 g/mol. The normalized spacial score (nSPS) is 11.9. The van der Waals surface area contributed by atoms with E-state index in [-0.39, 0.29) is 0 Å². The number of hydrogen-bond donors (Lipinski definition) is 0. The zero-order valence-electron chi connectivity index (χ0n) is 36.1. The molecule has 2 nitrogen and oxygen atoms in total. The minimum absolute atomic E-state index is 1.08. The van der Waals surface area contributed by atoms with Crippen LogP contribution in [0.1, 0.15) is 0 Å². The lowest BCUT2D eigenvalue weighted by atomic mass is 9.95. The summed E-state index contributed by atoms with van der Waals surface area (Å²) in [5.41, 5.74) is 8.89. The monoisotopic (exact) mass is 906 g/mol. The van der Waals surface area contributed by atoms with E-state index in [0.29, 0.717) is 0 Å². The van der Waals surface area contributed by atoms with E-state index in [4.69, 9.17) is 0 Å². The lowest BCUT2D eigenvalue weighted by Crippen LogP contribution is -2.13. The number of thiophene rings is 3. The number of anilines is 6. The highest BCUT2D eigenvalue weighted by molar-refractivity contribution is 7.27. The molecule has 0 bridgehead atoms. The Bertz CT molecular complexity index is 4060. The molecule has 67 heavy (non-hydrogen) atoms. The zero-order chi connectivity index (χ0) is 44.0. The van der Waals surface area contributed by atoms with E-state index in [9.17, 15) is 0 Å². The van der Waals surface area contributed by atoms with Gasteiger partial charge in [-0.05, 0) is 130 Å². The molecule has 11 aromatic carbocycles. The van der Waals surface area contributed by atoms with Crippen LogP contribution in [-0.2, 0) is 0 Å². The quantitative estimate of drug-likeness (QED) is 0.147. The lowest BCUT2D eigenvalue weighted by Gasteiger charge is -2.30. The summed E-state index contributed by atoms with van der Waals surface area (Å²) >= 11 is 5.62. The smallest absolute Gasteiger partial charge is 0.0488 e. The second-order valence-corrected chi connectivity index (χ2v) is 20.5. The molecule has 3 aromatic heterocycles. The van der Waals surface area contributed by atoms with Gasteiger partial charge in [0.05, 0.1) is 0 Å². The fourth-order valence-electron chi connectivity index (χ4n) is 10.4. The van der Waals surface area contributed by atoms with Gasteiger partial charge in [0.25, 0.3) is 0 Å². The van der Waals surface area contributed by atoms with Crippen molar-refractivity contribution in [3.63, 3.8) is 0 Å². The molecular weight excluding hydrogens is 869 g/mol. The zero-order valence-corrected chi connectivity index (χ0v) is 38.5. The van der Waals surface area contributed by atoms with E-state index in [1.807, 2.05) is 34.0 Å². The van der Waals surface area contributed by atoms with Crippen molar-refractivity contribution in [1.82, 2.24) is 0 Å². The van der Waals surface area contributed by atoms with Gasteiger partial charge in [0.2, 0.25) is 0 Å². The predicted octanol–water partition coefficient (Wildman–Crippen LogP) is 19.7. The molecule has 14 aromatic rings. The molecule has 314 valence electrons. The number of hydrogen-bond acceptors (Lipinski definition) is 5. The Morgan fingerprint density at radius 3 is 1.22 bits per heavy atom. The Kier molecular flexibility index (Phi) is 8.84. The van der Waals surface area contributed by atoms with Crippen LogP contribution in [0.25, 0.3) is 93.2 Å². The summed E-state index contributed by atoms with van der Waals surface area (Å²) in [6.45, 7) is 0. The van der Waals surface area contributed by atoms with Crippen LogP contribution in [0.2, 0.25) is 0 Å². The fourth-order valence-corrected chi connectivity index (χ4v) is 13.8. The second-order valence-electron chi connectivity index (χ2n) is 17.2. The first-order valence-corrected chi connectivity index (χ1v) is 25.1. The molecule has 0 aliphatic carbocycles. The average Bonchev–Trinajstić information content (AvgIpc) is 4.09. The molecule has 0 saturated carbocycles. The van der Waals surface area contributed by atoms with Crippen molar-refractivity contribution in [2.75, 3.05) is 9.80 Å². The molecule has 0 atom stereocenters. The maximum Gasteiger partial charge on any atom is 0.0488 e. The maximum atomic E-state index is 2.45. The van der Waals surface area contributed by atoms with Crippen molar-refractivity contribution in [1.29, 1.82) is 0 Å². The first-order valence-electron chi connectivity index (χ1n) is 22.6. The predicted molar refractivity (Wildman–Crippen MR) is 295 cm³/mol. The Hall–Kier alpha value is -7.80. The van der Waals surface area contributed by atoms with Crippen LogP contribution in [0.3, 0.4) is 0 Å². The lowest BCUT2D eigenvalue weighted by molar-refractivity contribution is 1.25. The van der Waals surface area contributed by atoms with Crippen molar-refractivity contribution < 1.29 is 0 Å². The summed E-state index contributed by atoms with van der Waals surface area (Å²) in [6.07, 6.45) is 0. The Morgan fingerprint density at radius 2 is 0.657 bits per heavy atom. The van der Waals surface area contributed by atoms with Crippen molar-refractivity contribution >= 4 is 150 Å². The summed E-state index contributed by atoms with van der Waals surface area (Å²) in [7, 11) is 0. The summed E-state index contributed by atoms with van der Waals surface area (Å²) in [6, 6.07) is 85.4. The van der Waals surface area contributed by atoms with Crippen LogP contribution in [-0.4, -0.2) is 0 Å². The number of nitrogens with zero attached hydrogens (tertiary/aromatic N) is 2. The highest BCUT2D eigenvalue weighted by Crippen LogP contribution is 2.49. The molecule has 0 fully saturated rings. The van der Waals surface area contributed by atoms with E-state index >= 15 is 0 Å². The number of para-hydroxylation sites is 2. The number of fused-ring (bicyclic) bond motifs is 14. The van der Waals surface area contributed by atoms with E-state index in [1.165, 1.54) is 87.6 Å². The first kappa shape index (κ1) is 38.5. The molecule has 0 radical (unpaired) electrons. The molecule has 0 amide bonds. The van der Waals surface area contributed by atoms with Gasteiger partial charge in [-0.15, -0.1) is 34.0 Å². The summed E-state index contributed by atoms with van der Waals surface area (Å²) in [4.78, 5) is 4.88. The minimum atomic E-state index is 1.08. The molecular formula is C62H38N2S3. The largest absolute Gasteiger partial charge is 0.310 e. The summed E-state index contributed by atoms with van der Waals surface area (Å²) < 4.78 is 7.81. The maximum absolute atomic E-state index is 2.45. The Labute approximate surface area is 399 Å². The first-order chi connectivity index (χ1) is 33.2. The van der Waals surface area contributed by atoms with Crippen LogP contribution in [0.5, 0.6) is 0 Å². The Balaban J connectivity index is 1.05. The van der Waals surface area contributed by atoms with Gasteiger partial charge in [-0.25, -0.2) is 0 Å². The minimum Gasteiger partial charge on any atom is -0.310 e. The van der Waals surface area contributed by atoms with Crippen molar-refractivity contribution in [3.05, 3.63) is 231 Å². The van der Waals surface area contributed by atoms with Crippen molar-refractivity contribution in [2.45, 2.75) is 0 Å². The van der Waals surface area contributed by atoms with E-state index in [1.54, 1.807) is 0 Å². The van der Waals surface area contributed by atoms with Gasteiger partial charge in [-0.2, -0.15) is 0 Å². The van der Waals surface area contributed by atoms with Gasteiger partial charge in [-0.3, -0.25) is 0 Å². The highest BCUT2D eigenvalue weighted by Gasteiger charge is 2.22. The third-order valence-electron chi connectivity index (χ3n) is 13.4. The molecule has 5 heteroatoms. The van der Waals surface area contributed by atoms with E-state index in [0.717, 1.165) is 39.7 Å². The summed E-state index contributed by atoms with van der Waals surface area (Å²) in [5, 5.41) is 12.9. The van der Waals surface area contributed by atoms with Gasteiger partial charge < -0.3 is 9.80 Å². The molecule has 0 aliphatic rings. The van der Waals surface area contributed by atoms with E-state index in [2.05, 4.69) is 240 Å². The SMILES string of the molecule is c1ccc(N(c2cc(-c3ccc4sc5c6ccccc6c6ccccc6c5c4c3)cc(N(c3ccccc3)c3ccc4sc5ccccc5c4c3)c2)c2ccc3sc4ccccc4c3c2)cc1. The highest BCUT2D eigenvalue weighted by atomic mass is 32.1. The van der Waals surface area contributed by atoms with Crippen LogP contribution in [0.15, 0.2) is 231 Å². The molecule has 3 heterocycles. The van der Waals surface area contributed by atoms with Crippen LogP contribution >= 0.6 is 34.0 Å². The third-order valence-corrected chi connectivity index (χ3v) is 16.9. The van der Waals surface area contributed by atoms with Crippen LogP contribution in [0.4, 0.5) is 34.1 Å². The van der Waals surface area contributed by atoms with Gasteiger partial charge in [-0.1, -0.05) is 127 Å². The molecule has 0 saturated heterocycles. The topological polar surface area (TPSA) is 6.48 Å². The number of benzene rings is 11. The van der Waals surface area contributed by atoms with Gasteiger partial charge in [0.1, 0.15) is 0 Å². The summed E-state index contributed by atoms with van der Waals surface area (Å²) in [5.74, 6) is 0. The van der Waals surface area contributed by atoms with Crippen molar-refractivity contribution in [3.8, 4) is 11.1 Å². The van der Waals surface area contributed by atoms with E-state index < -0.39 is 0 Å². The van der Waals surface area contributed by atoms with Gasteiger partial charge >= 0.3 is 0 Å². The fraction of sp³-hybridized carbons (Fsp3) is 0.